The largest absolute Gasteiger partial charge is 0.468 e. The van der Waals surface area contributed by atoms with Crippen molar-refractivity contribution in [2.75, 3.05) is 11.1 Å². The van der Waals surface area contributed by atoms with Gasteiger partial charge in [0.25, 0.3) is 0 Å². The van der Waals surface area contributed by atoms with E-state index in [1.165, 1.54) is 18.0 Å². The Hall–Kier alpha value is -4.22. The Balaban J connectivity index is 1.55. The van der Waals surface area contributed by atoms with Gasteiger partial charge >= 0.3 is 5.97 Å². The minimum atomic E-state index is -0.758. The van der Waals surface area contributed by atoms with Crippen molar-refractivity contribution in [1.82, 2.24) is 5.32 Å². The standard InChI is InChI=1S/C30H29N3O4S/c1-18-13-19(2)28(20(3)14-18)33-25(34)17-38-29-23(15-31)27(24-11-8-12-36-24)26(21(4)32-29)30(35)37-16-22-9-6-5-7-10-22/h5-14,27,32H,16-17H2,1-4H3,(H,33,34). The Labute approximate surface area is 226 Å². The van der Waals surface area contributed by atoms with Crippen molar-refractivity contribution in [2.24, 2.45) is 0 Å². The summed E-state index contributed by atoms with van der Waals surface area (Å²) in [5, 5.41) is 16.8. The Kier molecular flexibility index (Phi) is 8.39. The third-order valence-corrected chi connectivity index (χ3v) is 7.21. The quantitative estimate of drug-likeness (QED) is 0.345. The molecule has 0 radical (unpaired) electrons. The molecule has 1 aliphatic rings. The number of rotatable bonds is 8. The molecule has 0 aliphatic carbocycles. The minimum absolute atomic E-state index is 0.0756. The maximum atomic E-state index is 13.2. The number of hydrogen-bond donors (Lipinski definition) is 2. The van der Waals surface area contributed by atoms with Gasteiger partial charge in [-0.2, -0.15) is 5.26 Å². The number of nitrogens with one attached hydrogen (secondary N) is 2. The van der Waals surface area contributed by atoms with Gasteiger partial charge in [0.05, 0.1) is 40.2 Å². The summed E-state index contributed by atoms with van der Waals surface area (Å²) in [6, 6.07) is 19.1. The maximum absolute atomic E-state index is 13.2. The second-order valence-corrected chi connectivity index (χ2v) is 10.1. The van der Waals surface area contributed by atoms with Crippen molar-refractivity contribution in [3.8, 4) is 6.07 Å². The van der Waals surface area contributed by atoms with Gasteiger partial charge in [-0.25, -0.2) is 4.79 Å². The average molecular weight is 528 g/mol. The summed E-state index contributed by atoms with van der Waals surface area (Å²) in [5.74, 6) is -0.971. The maximum Gasteiger partial charge on any atom is 0.337 e. The highest BCUT2D eigenvalue weighted by Crippen LogP contribution is 2.41. The number of carbonyl (C=O) groups excluding carboxylic acids is 2. The number of nitrogens with zero attached hydrogens (tertiary/aromatic N) is 1. The first-order chi connectivity index (χ1) is 18.3. The summed E-state index contributed by atoms with van der Waals surface area (Å²) in [6.07, 6.45) is 1.50. The number of amides is 1. The molecule has 3 aromatic rings. The number of allylic oxidation sites excluding steroid dienone is 2. The first-order valence-electron chi connectivity index (χ1n) is 12.2. The first kappa shape index (κ1) is 26.8. The Morgan fingerprint density at radius 3 is 2.42 bits per heavy atom. The molecular weight excluding hydrogens is 498 g/mol. The molecule has 0 saturated heterocycles. The summed E-state index contributed by atoms with van der Waals surface area (Å²) in [7, 11) is 0. The predicted molar refractivity (Wildman–Crippen MR) is 148 cm³/mol. The van der Waals surface area contributed by atoms with Gasteiger partial charge < -0.3 is 19.8 Å². The van der Waals surface area contributed by atoms with Crippen LogP contribution in [0.2, 0.25) is 0 Å². The van der Waals surface area contributed by atoms with Crippen LogP contribution in [0, 0.1) is 32.1 Å². The van der Waals surface area contributed by atoms with E-state index < -0.39 is 11.9 Å². The highest BCUT2D eigenvalue weighted by Gasteiger charge is 2.37. The number of furan rings is 1. The number of aryl methyl sites for hydroxylation is 3. The third-order valence-electron chi connectivity index (χ3n) is 6.20. The van der Waals surface area contributed by atoms with E-state index in [0.717, 1.165) is 27.9 Å². The third kappa shape index (κ3) is 6.01. The lowest BCUT2D eigenvalue weighted by molar-refractivity contribution is -0.140. The van der Waals surface area contributed by atoms with Crippen LogP contribution in [0.15, 0.2) is 87.1 Å². The van der Waals surface area contributed by atoms with Crippen molar-refractivity contribution in [1.29, 1.82) is 5.26 Å². The molecule has 1 aromatic heterocycles. The highest BCUT2D eigenvalue weighted by atomic mass is 32.2. The Morgan fingerprint density at radius 1 is 1.08 bits per heavy atom. The van der Waals surface area contributed by atoms with Gasteiger partial charge in [-0.15, -0.1) is 0 Å². The van der Waals surface area contributed by atoms with Gasteiger partial charge in [0.2, 0.25) is 5.91 Å². The van der Waals surface area contributed by atoms with Gasteiger partial charge in [0, 0.05) is 11.4 Å². The molecule has 4 rings (SSSR count). The molecule has 1 unspecified atom stereocenters. The van der Waals surface area contributed by atoms with E-state index >= 15 is 0 Å². The molecule has 7 nitrogen and oxygen atoms in total. The van der Waals surface area contributed by atoms with Crippen molar-refractivity contribution < 1.29 is 18.7 Å². The molecule has 38 heavy (non-hydrogen) atoms. The van der Waals surface area contributed by atoms with Crippen LogP contribution in [-0.2, 0) is 20.9 Å². The highest BCUT2D eigenvalue weighted by molar-refractivity contribution is 8.03. The lowest BCUT2D eigenvalue weighted by atomic mass is 9.86. The van der Waals surface area contributed by atoms with Crippen molar-refractivity contribution in [2.45, 2.75) is 40.2 Å². The van der Waals surface area contributed by atoms with Crippen LogP contribution in [-0.4, -0.2) is 17.6 Å². The molecule has 1 amide bonds. The molecule has 194 valence electrons. The molecule has 1 aliphatic heterocycles. The molecule has 8 heteroatoms. The van der Waals surface area contributed by atoms with Crippen LogP contribution in [0.25, 0.3) is 0 Å². The zero-order valence-corrected chi connectivity index (χ0v) is 22.6. The van der Waals surface area contributed by atoms with E-state index in [1.807, 2.05) is 63.2 Å². The number of anilines is 1. The average Bonchev–Trinajstić information content (AvgIpc) is 3.43. The second-order valence-electron chi connectivity index (χ2n) is 9.14. The van der Waals surface area contributed by atoms with Gasteiger partial charge in [-0.3, -0.25) is 4.79 Å². The number of ether oxygens (including phenoxy) is 1. The number of carbonyl (C=O) groups is 2. The summed E-state index contributed by atoms with van der Waals surface area (Å²) in [4.78, 5) is 26.1. The lowest BCUT2D eigenvalue weighted by Crippen LogP contribution is -2.29. The van der Waals surface area contributed by atoms with Crippen LogP contribution in [0.4, 0.5) is 5.69 Å². The van der Waals surface area contributed by atoms with E-state index in [0.29, 0.717) is 22.1 Å². The summed E-state index contributed by atoms with van der Waals surface area (Å²) in [5.41, 5.74) is 5.89. The van der Waals surface area contributed by atoms with Crippen LogP contribution >= 0.6 is 11.8 Å². The van der Waals surface area contributed by atoms with Gasteiger partial charge in [0.1, 0.15) is 12.4 Å². The van der Waals surface area contributed by atoms with E-state index in [-0.39, 0.29) is 23.8 Å². The summed E-state index contributed by atoms with van der Waals surface area (Å²) < 4.78 is 11.3. The van der Waals surface area contributed by atoms with Gasteiger partial charge in [-0.05, 0) is 56.5 Å². The number of nitriles is 1. The number of benzene rings is 2. The van der Waals surface area contributed by atoms with E-state index in [4.69, 9.17) is 9.15 Å². The van der Waals surface area contributed by atoms with E-state index in [2.05, 4.69) is 16.7 Å². The zero-order chi connectivity index (χ0) is 27.2. The van der Waals surface area contributed by atoms with Crippen LogP contribution in [0.5, 0.6) is 0 Å². The SMILES string of the molecule is CC1=C(C(=O)OCc2ccccc2)C(c2ccco2)C(C#N)=C(SCC(=O)Nc2c(C)cc(C)cc2C)N1. The second kappa shape index (κ2) is 11.9. The molecule has 0 bridgehead atoms. The zero-order valence-electron chi connectivity index (χ0n) is 21.8. The number of thioether (sulfide) groups is 1. The van der Waals surface area contributed by atoms with Gasteiger partial charge in [0.15, 0.2) is 0 Å². The van der Waals surface area contributed by atoms with Crippen LogP contribution < -0.4 is 10.6 Å². The van der Waals surface area contributed by atoms with E-state index in [1.54, 1.807) is 19.1 Å². The number of esters is 1. The van der Waals surface area contributed by atoms with Crippen molar-refractivity contribution in [3.05, 3.63) is 111 Å². The Morgan fingerprint density at radius 2 is 1.79 bits per heavy atom. The Bertz CT molecular complexity index is 1430. The monoisotopic (exact) mass is 527 g/mol. The first-order valence-corrected chi connectivity index (χ1v) is 13.1. The van der Waals surface area contributed by atoms with E-state index in [9.17, 15) is 14.9 Å². The van der Waals surface area contributed by atoms with Crippen molar-refractivity contribution >= 4 is 29.3 Å². The van der Waals surface area contributed by atoms with Crippen LogP contribution in [0.1, 0.15) is 40.9 Å². The molecule has 0 saturated carbocycles. The number of hydrogen-bond acceptors (Lipinski definition) is 7. The molecule has 2 N–H and O–H groups in total. The molecule has 2 aromatic carbocycles. The minimum Gasteiger partial charge on any atom is -0.468 e. The molecule has 2 heterocycles. The molecule has 0 fully saturated rings. The molecular formula is C30H29N3O4S. The normalized spacial score (nSPS) is 15.1. The lowest BCUT2D eigenvalue weighted by Gasteiger charge is -2.28. The fourth-order valence-corrected chi connectivity index (χ4v) is 5.42. The molecule has 0 spiro atoms. The fourth-order valence-electron chi connectivity index (χ4n) is 4.53. The predicted octanol–water partition coefficient (Wildman–Crippen LogP) is 6.02. The topological polar surface area (TPSA) is 104 Å². The smallest absolute Gasteiger partial charge is 0.337 e. The van der Waals surface area contributed by atoms with Crippen LogP contribution in [0.3, 0.4) is 0 Å². The molecule has 1 atom stereocenters. The number of dihydropyridines is 1. The van der Waals surface area contributed by atoms with Crippen molar-refractivity contribution in [3.63, 3.8) is 0 Å². The summed E-state index contributed by atoms with van der Waals surface area (Å²) in [6.45, 7) is 7.79. The summed E-state index contributed by atoms with van der Waals surface area (Å²) >= 11 is 1.21. The fraction of sp³-hybridized carbons (Fsp3) is 0.233. The van der Waals surface area contributed by atoms with Gasteiger partial charge in [-0.1, -0.05) is 59.8 Å².